The lowest BCUT2D eigenvalue weighted by Crippen LogP contribution is -2.09. The number of hydrogen-bond acceptors (Lipinski definition) is 5. The van der Waals surface area contributed by atoms with Crippen LogP contribution in [0.4, 0.5) is 23.4 Å². The summed E-state index contributed by atoms with van der Waals surface area (Å²) < 4.78 is 53.5. The second-order valence-corrected chi connectivity index (χ2v) is 5.11. The molecule has 0 amide bonds. The van der Waals surface area contributed by atoms with Crippen LogP contribution in [0, 0.1) is 5.82 Å². The van der Waals surface area contributed by atoms with Crippen LogP contribution >= 0.6 is 11.3 Å². The maximum atomic E-state index is 13.2. The molecular weight excluding hydrogens is 322 g/mol. The van der Waals surface area contributed by atoms with E-state index < -0.39 is 17.7 Å². The Labute approximate surface area is 125 Å². The minimum Gasteiger partial charge on any atom is -0.383 e. The SMILES string of the molecule is Nc1c(-c2cc(F)cs2)c(C(F)(F)F)nn1-c1ncccn1. The number of hydrogen-bond donors (Lipinski definition) is 1. The van der Waals surface area contributed by atoms with Crippen LogP contribution in [0.5, 0.6) is 0 Å². The van der Waals surface area contributed by atoms with Crippen molar-refractivity contribution < 1.29 is 17.6 Å². The molecule has 3 aromatic heterocycles. The standard InChI is InChI=1S/C12H7F4N5S/c13-6-4-7(22-5-6)8-9(12(14,15)16)20-21(10(8)17)11-18-2-1-3-19-11/h1-5H,17H2. The van der Waals surface area contributed by atoms with Gasteiger partial charge in [-0.3, -0.25) is 0 Å². The first-order valence-electron chi connectivity index (χ1n) is 5.85. The monoisotopic (exact) mass is 329 g/mol. The molecule has 0 aromatic carbocycles. The second kappa shape index (κ2) is 5.05. The fourth-order valence-corrected chi connectivity index (χ4v) is 2.68. The van der Waals surface area contributed by atoms with E-state index in [2.05, 4.69) is 15.1 Å². The molecule has 0 atom stereocenters. The highest BCUT2D eigenvalue weighted by Gasteiger charge is 2.40. The molecule has 0 aliphatic heterocycles. The average Bonchev–Trinajstić information content (AvgIpc) is 3.03. The number of rotatable bonds is 2. The van der Waals surface area contributed by atoms with Gasteiger partial charge >= 0.3 is 6.18 Å². The number of nitrogens with zero attached hydrogens (tertiary/aromatic N) is 4. The molecule has 2 N–H and O–H groups in total. The summed E-state index contributed by atoms with van der Waals surface area (Å²) in [5.74, 6) is -1.05. The maximum absolute atomic E-state index is 13.2. The molecule has 3 rings (SSSR count). The zero-order chi connectivity index (χ0) is 15.9. The molecular formula is C12H7F4N5S. The van der Waals surface area contributed by atoms with Crippen LogP contribution in [0.25, 0.3) is 16.4 Å². The molecule has 0 spiro atoms. The summed E-state index contributed by atoms with van der Waals surface area (Å²) in [5, 5.41) is 4.55. The Morgan fingerprint density at radius 3 is 2.41 bits per heavy atom. The number of aromatic nitrogens is 4. The summed E-state index contributed by atoms with van der Waals surface area (Å²) in [6.07, 6.45) is -2.05. The summed E-state index contributed by atoms with van der Waals surface area (Å²) in [6.45, 7) is 0. The Kier molecular flexibility index (Phi) is 3.32. The predicted molar refractivity (Wildman–Crippen MR) is 71.8 cm³/mol. The van der Waals surface area contributed by atoms with Crippen molar-refractivity contribution in [2.45, 2.75) is 6.18 Å². The van der Waals surface area contributed by atoms with Crippen LogP contribution in [0.15, 0.2) is 29.9 Å². The Balaban J connectivity index is 2.26. The van der Waals surface area contributed by atoms with E-state index in [9.17, 15) is 17.6 Å². The van der Waals surface area contributed by atoms with E-state index in [0.29, 0.717) is 0 Å². The van der Waals surface area contributed by atoms with Crippen LogP contribution in [0.1, 0.15) is 5.69 Å². The molecule has 3 heterocycles. The number of halogens is 4. The van der Waals surface area contributed by atoms with Gasteiger partial charge in [-0.05, 0) is 12.1 Å². The van der Waals surface area contributed by atoms with Gasteiger partial charge in [0.25, 0.3) is 5.95 Å². The second-order valence-electron chi connectivity index (χ2n) is 4.20. The van der Waals surface area contributed by atoms with Gasteiger partial charge in [0.05, 0.1) is 5.56 Å². The highest BCUT2D eigenvalue weighted by atomic mass is 32.1. The molecule has 0 fully saturated rings. The zero-order valence-corrected chi connectivity index (χ0v) is 11.5. The number of nitrogens with two attached hydrogens (primary N) is 1. The van der Waals surface area contributed by atoms with Crippen LogP contribution in [-0.2, 0) is 6.18 Å². The largest absolute Gasteiger partial charge is 0.435 e. The molecule has 5 nitrogen and oxygen atoms in total. The quantitative estimate of drug-likeness (QED) is 0.733. The molecule has 0 unspecified atom stereocenters. The van der Waals surface area contributed by atoms with Gasteiger partial charge in [-0.15, -0.1) is 11.3 Å². The lowest BCUT2D eigenvalue weighted by molar-refractivity contribution is -0.140. The van der Waals surface area contributed by atoms with Gasteiger partial charge < -0.3 is 5.73 Å². The van der Waals surface area contributed by atoms with Crippen LogP contribution < -0.4 is 5.73 Å². The van der Waals surface area contributed by atoms with E-state index in [1.54, 1.807) is 0 Å². The summed E-state index contributed by atoms with van der Waals surface area (Å²) in [5.41, 5.74) is 4.19. The summed E-state index contributed by atoms with van der Waals surface area (Å²) in [4.78, 5) is 7.67. The number of thiophene rings is 1. The Hall–Kier alpha value is -2.49. The lowest BCUT2D eigenvalue weighted by atomic mass is 10.2. The predicted octanol–water partition coefficient (Wildman–Crippen LogP) is 3.13. The van der Waals surface area contributed by atoms with Crippen molar-refractivity contribution in [3.63, 3.8) is 0 Å². The van der Waals surface area contributed by atoms with Crippen LogP contribution in [0.3, 0.4) is 0 Å². The average molecular weight is 329 g/mol. The van der Waals surface area contributed by atoms with Crippen molar-refractivity contribution in [3.05, 3.63) is 41.4 Å². The van der Waals surface area contributed by atoms with Crippen LogP contribution in [0.2, 0.25) is 0 Å². The third kappa shape index (κ3) is 2.41. The smallest absolute Gasteiger partial charge is 0.383 e. The topological polar surface area (TPSA) is 69.6 Å². The summed E-state index contributed by atoms with van der Waals surface area (Å²) in [6, 6.07) is 2.48. The molecule has 10 heteroatoms. The molecule has 3 aromatic rings. The van der Waals surface area contributed by atoms with Crippen molar-refractivity contribution in [2.24, 2.45) is 0 Å². The fraction of sp³-hybridized carbons (Fsp3) is 0.0833. The van der Waals surface area contributed by atoms with E-state index in [0.717, 1.165) is 27.5 Å². The first kappa shape index (κ1) is 14.4. The first-order chi connectivity index (χ1) is 10.4. The number of alkyl halides is 3. The van der Waals surface area contributed by atoms with Crippen molar-refractivity contribution >= 4 is 17.2 Å². The Morgan fingerprint density at radius 2 is 1.86 bits per heavy atom. The number of anilines is 1. The van der Waals surface area contributed by atoms with E-state index in [1.165, 1.54) is 18.5 Å². The van der Waals surface area contributed by atoms with E-state index in [-0.39, 0.29) is 22.2 Å². The van der Waals surface area contributed by atoms with Crippen molar-refractivity contribution in [1.29, 1.82) is 0 Å². The summed E-state index contributed by atoms with van der Waals surface area (Å²) >= 11 is 0.806. The Bertz CT molecular complexity index is 809. The fourth-order valence-electron chi connectivity index (χ4n) is 1.87. The van der Waals surface area contributed by atoms with Crippen LogP contribution in [-0.4, -0.2) is 19.7 Å². The minimum atomic E-state index is -4.75. The molecule has 0 radical (unpaired) electrons. The highest BCUT2D eigenvalue weighted by molar-refractivity contribution is 7.13. The summed E-state index contributed by atoms with van der Waals surface area (Å²) in [7, 11) is 0. The van der Waals surface area contributed by atoms with Gasteiger partial charge in [0, 0.05) is 22.7 Å². The normalized spacial score (nSPS) is 11.8. The van der Waals surface area contributed by atoms with Gasteiger partial charge in [-0.2, -0.15) is 23.0 Å². The first-order valence-corrected chi connectivity index (χ1v) is 6.73. The maximum Gasteiger partial charge on any atom is 0.435 e. The Morgan fingerprint density at radius 1 is 1.18 bits per heavy atom. The van der Waals surface area contributed by atoms with Gasteiger partial charge in [0.2, 0.25) is 0 Å². The van der Waals surface area contributed by atoms with Gasteiger partial charge in [-0.25, -0.2) is 14.4 Å². The lowest BCUT2D eigenvalue weighted by Gasteiger charge is -2.04. The van der Waals surface area contributed by atoms with Gasteiger partial charge in [-0.1, -0.05) is 0 Å². The number of nitrogen functional groups attached to an aromatic ring is 1. The van der Waals surface area contributed by atoms with Crippen molar-refractivity contribution in [2.75, 3.05) is 5.73 Å². The minimum absolute atomic E-state index is 0.0320. The molecule has 22 heavy (non-hydrogen) atoms. The van der Waals surface area contributed by atoms with Crippen molar-refractivity contribution in [1.82, 2.24) is 19.7 Å². The third-order valence-corrected chi connectivity index (χ3v) is 3.66. The van der Waals surface area contributed by atoms with E-state index >= 15 is 0 Å². The molecule has 0 aliphatic carbocycles. The molecule has 0 bridgehead atoms. The van der Waals surface area contributed by atoms with E-state index in [4.69, 9.17) is 5.73 Å². The van der Waals surface area contributed by atoms with Gasteiger partial charge in [0.15, 0.2) is 5.69 Å². The third-order valence-electron chi connectivity index (χ3n) is 2.75. The molecule has 114 valence electrons. The zero-order valence-electron chi connectivity index (χ0n) is 10.7. The molecule has 0 saturated carbocycles. The van der Waals surface area contributed by atoms with Gasteiger partial charge in [0.1, 0.15) is 11.6 Å². The molecule has 0 saturated heterocycles. The molecule has 0 aliphatic rings. The van der Waals surface area contributed by atoms with E-state index in [1.807, 2.05) is 0 Å². The van der Waals surface area contributed by atoms with Crippen molar-refractivity contribution in [3.8, 4) is 16.4 Å². The highest BCUT2D eigenvalue weighted by Crippen LogP contribution is 2.42.